The Kier molecular flexibility index (Phi) is 6.70. The molecule has 2 N–H and O–H groups in total. The highest BCUT2D eigenvalue weighted by atomic mass is 35.5. The standard InChI is InChI=1S/C20H25ClN4O3/c1-25(17-10-11-18(28-2)24-23-17)14-8-9-16(21)15(12-14)20(27)22-19(26)13-6-4-3-5-7-13/h8-13,19,26H,3-7H2,1-2H3,(H,22,27). The van der Waals surface area contributed by atoms with Gasteiger partial charge < -0.3 is 20.1 Å². The Hall–Kier alpha value is -2.38. The number of nitrogens with zero attached hydrogens (tertiary/aromatic N) is 3. The van der Waals surface area contributed by atoms with Crippen molar-refractivity contribution in [2.24, 2.45) is 5.92 Å². The van der Waals surface area contributed by atoms with Gasteiger partial charge in [0.05, 0.1) is 17.7 Å². The molecule has 2 aromatic rings. The summed E-state index contributed by atoms with van der Waals surface area (Å²) in [6.45, 7) is 0. The molecule has 1 fully saturated rings. The summed E-state index contributed by atoms with van der Waals surface area (Å²) in [6, 6.07) is 8.61. The van der Waals surface area contributed by atoms with Crippen molar-refractivity contribution in [1.29, 1.82) is 0 Å². The van der Waals surface area contributed by atoms with Crippen molar-refractivity contribution in [3.63, 3.8) is 0 Å². The second-order valence-electron chi connectivity index (χ2n) is 6.97. The van der Waals surface area contributed by atoms with Crippen LogP contribution in [0.1, 0.15) is 42.5 Å². The highest BCUT2D eigenvalue weighted by Crippen LogP contribution is 2.28. The van der Waals surface area contributed by atoms with E-state index in [2.05, 4.69) is 15.5 Å². The number of amides is 1. The predicted molar refractivity (Wildman–Crippen MR) is 108 cm³/mol. The molecule has 1 unspecified atom stereocenters. The van der Waals surface area contributed by atoms with Gasteiger partial charge in [0.1, 0.15) is 6.23 Å². The number of hydrogen-bond acceptors (Lipinski definition) is 6. The first-order chi connectivity index (χ1) is 13.5. The summed E-state index contributed by atoms with van der Waals surface area (Å²) >= 11 is 6.25. The fourth-order valence-electron chi connectivity index (χ4n) is 3.41. The molecule has 1 aliphatic carbocycles. The van der Waals surface area contributed by atoms with Crippen LogP contribution in [0.3, 0.4) is 0 Å². The highest BCUT2D eigenvalue weighted by molar-refractivity contribution is 6.34. The molecule has 1 saturated carbocycles. The number of benzene rings is 1. The number of aliphatic hydroxyl groups excluding tert-OH is 1. The Morgan fingerprint density at radius 2 is 2.00 bits per heavy atom. The van der Waals surface area contributed by atoms with Crippen molar-refractivity contribution in [2.75, 3.05) is 19.1 Å². The summed E-state index contributed by atoms with van der Waals surface area (Å²) < 4.78 is 5.02. The normalized spacial score (nSPS) is 15.7. The zero-order chi connectivity index (χ0) is 20.1. The average molecular weight is 405 g/mol. The highest BCUT2D eigenvalue weighted by Gasteiger charge is 2.24. The molecule has 28 heavy (non-hydrogen) atoms. The number of methoxy groups -OCH3 is 1. The Labute approximate surface area is 169 Å². The first-order valence-corrected chi connectivity index (χ1v) is 9.77. The minimum Gasteiger partial charge on any atom is -0.480 e. The van der Waals surface area contributed by atoms with Gasteiger partial charge in [-0.2, -0.15) is 0 Å². The minimum atomic E-state index is -0.863. The molecule has 0 radical (unpaired) electrons. The summed E-state index contributed by atoms with van der Waals surface area (Å²) in [5.41, 5.74) is 1.03. The molecule has 150 valence electrons. The number of aromatic nitrogens is 2. The molecule has 1 aliphatic rings. The third-order valence-electron chi connectivity index (χ3n) is 5.14. The molecule has 0 saturated heterocycles. The molecule has 3 rings (SSSR count). The van der Waals surface area contributed by atoms with Crippen molar-refractivity contribution in [3.05, 3.63) is 40.9 Å². The van der Waals surface area contributed by atoms with E-state index in [0.717, 1.165) is 31.4 Å². The van der Waals surface area contributed by atoms with E-state index >= 15 is 0 Å². The SMILES string of the molecule is COc1ccc(N(C)c2ccc(Cl)c(C(=O)NC(O)C3CCCCC3)c2)nn1. The lowest BCUT2D eigenvalue weighted by Gasteiger charge is -2.27. The van der Waals surface area contributed by atoms with Crippen LogP contribution in [-0.2, 0) is 0 Å². The van der Waals surface area contributed by atoms with E-state index in [-0.39, 0.29) is 11.8 Å². The number of ether oxygens (including phenoxy) is 1. The van der Waals surface area contributed by atoms with Crippen LogP contribution < -0.4 is 15.0 Å². The molecule has 7 nitrogen and oxygen atoms in total. The Bertz CT molecular complexity index is 810. The molecule has 1 heterocycles. The van der Waals surface area contributed by atoms with Crippen molar-refractivity contribution in [2.45, 2.75) is 38.3 Å². The number of anilines is 2. The second kappa shape index (κ2) is 9.21. The smallest absolute Gasteiger partial charge is 0.254 e. The number of halogens is 1. The van der Waals surface area contributed by atoms with E-state index in [4.69, 9.17) is 16.3 Å². The van der Waals surface area contributed by atoms with Gasteiger partial charge in [-0.15, -0.1) is 10.2 Å². The van der Waals surface area contributed by atoms with Gasteiger partial charge in [0.25, 0.3) is 5.91 Å². The van der Waals surface area contributed by atoms with Gasteiger partial charge in [-0.25, -0.2) is 0 Å². The second-order valence-corrected chi connectivity index (χ2v) is 7.38. The average Bonchev–Trinajstić information content (AvgIpc) is 2.74. The van der Waals surface area contributed by atoms with E-state index < -0.39 is 6.23 Å². The first kappa shape index (κ1) is 20.4. The molecule has 1 amide bonds. The number of hydrogen-bond donors (Lipinski definition) is 2. The van der Waals surface area contributed by atoms with Gasteiger partial charge in [0.2, 0.25) is 5.88 Å². The lowest BCUT2D eigenvalue weighted by Crippen LogP contribution is -2.41. The number of nitrogens with one attached hydrogen (secondary N) is 1. The summed E-state index contributed by atoms with van der Waals surface area (Å²) in [4.78, 5) is 14.5. The van der Waals surface area contributed by atoms with Crippen molar-refractivity contribution in [1.82, 2.24) is 15.5 Å². The molecular formula is C20H25ClN4O3. The van der Waals surface area contributed by atoms with Crippen LogP contribution >= 0.6 is 11.6 Å². The lowest BCUT2D eigenvalue weighted by atomic mass is 9.88. The van der Waals surface area contributed by atoms with Gasteiger partial charge in [0.15, 0.2) is 5.82 Å². The van der Waals surface area contributed by atoms with Crippen LogP contribution in [0.15, 0.2) is 30.3 Å². The summed E-state index contributed by atoms with van der Waals surface area (Å²) in [5, 5.41) is 21.5. The van der Waals surface area contributed by atoms with Gasteiger partial charge in [-0.05, 0) is 37.1 Å². The van der Waals surface area contributed by atoms with Crippen LogP contribution in [0.25, 0.3) is 0 Å². The minimum absolute atomic E-state index is 0.0944. The van der Waals surface area contributed by atoms with Crippen molar-refractivity contribution >= 4 is 29.0 Å². The topological polar surface area (TPSA) is 87.6 Å². The molecule has 1 atom stereocenters. The molecule has 0 aliphatic heterocycles. The summed E-state index contributed by atoms with van der Waals surface area (Å²) in [6.07, 6.45) is 4.34. The van der Waals surface area contributed by atoms with E-state index in [1.54, 1.807) is 35.2 Å². The van der Waals surface area contributed by atoms with Crippen molar-refractivity contribution < 1.29 is 14.6 Å². The lowest BCUT2D eigenvalue weighted by molar-refractivity contribution is 0.0463. The van der Waals surface area contributed by atoms with Crippen LogP contribution in [-0.4, -0.2) is 41.6 Å². The fraction of sp³-hybridized carbons (Fsp3) is 0.450. The molecular weight excluding hydrogens is 380 g/mol. The monoisotopic (exact) mass is 404 g/mol. The van der Waals surface area contributed by atoms with Gasteiger partial charge >= 0.3 is 0 Å². The zero-order valence-corrected chi connectivity index (χ0v) is 16.8. The van der Waals surface area contributed by atoms with E-state index in [1.807, 2.05) is 7.05 Å². The Morgan fingerprint density at radius 3 is 2.64 bits per heavy atom. The third kappa shape index (κ3) is 4.72. The molecule has 8 heteroatoms. The number of carbonyl (C=O) groups is 1. The van der Waals surface area contributed by atoms with E-state index in [9.17, 15) is 9.90 Å². The van der Waals surface area contributed by atoms with Gasteiger partial charge in [-0.1, -0.05) is 30.9 Å². The van der Waals surface area contributed by atoms with E-state index in [1.165, 1.54) is 13.5 Å². The zero-order valence-electron chi connectivity index (χ0n) is 16.1. The molecule has 1 aromatic carbocycles. The predicted octanol–water partition coefficient (Wildman–Crippen LogP) is 3.54. The summed E-state index contributed by atoms with van der Waals surface area (Å²) in [5.74, 6) is 0.720. The Balaban J connectivity index is 1.75. The van der Waals surface area contributed by atoms with Crippen molar-refractivity contribution in [3.8, 4) is 5.88 Å². The molecule has 0 bridgehead atoms. The first-order valence-electron chi connectivity index (χ1n) is 9.39. The van der Waals surface area contributed by atoms with Crippen LogP contribution in [0, 0.1) is 5.92 Å². The maximum atomic E-state index is 12.7. The quantitative estimate of drug-likeness (QED) is 0.716. The molecule has 1 aromatic heterocycles. The number of aliphatic hydroxyl groups is 1. The number of rotatable bonds is 6. The van der Waals surface area contributed by atoms with Crippen LogP contribution in [0.2, 0.25) is 5.02 Å². The van der Waals surface area contributed by atoms with Gasteiger partial charge in [0, 0.05) is 24.7 Å². The third-order valence-corrected chi connectivity index (χ3v) is 5.47. The summed E-state index contributed by atoms with van der Waals surface area (Å²) in [7, 11) is 3.34. The van der Waals surface area contributed by atoms with Crippen LogP contribution in [0.4, 0.5) is 11.5 Å². The van der Waals surface area contributed by atoms with E-state index in [0.29, 0.717) is 22.3 Å². The number of carbonyl (C=O) groups excluding carboxylic acids is 1. The van der Waals surface area contributed by atoms with Crippen LogP contribution in [0.5, 0.6) is 5.88 Å². The maximum absolute atomic E-state index is 12.7. The largest absolute Gasteiger partial charge is 0.480 e. The molecule has 0 spiro atoms. The fourth-order valence-corrected chi connectivity index (χ4v) is 3.61. The maximum Gasteiger partial charge on any atom is 0.254 e. The Morgan fingerprint density at radius 1 is 1.25 bits per heavy atom. The van der Waals surface area contributed by atoms with Gasteiger partial charge in [-0.3, -0.25) is 4.79 Å².